The van der Waals surface area contributed by atoms with Crippen LogP contribution >= 0.6 is 0 Å². The minimum atomic E-state index is -0.613. The van der Waals surface area contributed by atoms with Crippen LogP contribution in [0.5, 0.6) is 0 Å². The first-order chi connectivity index (χ1) is 7.54. The maximum Gasteiger partial charge on any atom is 0.325 e. The van der Waals surface area contributed by atoms with Gasteiger partial charge in [0.1, 0.15) is 12.1 Å². The molecule has 0 aliphatic rings. The summed E-state index contributed by atoms with van der Waals surface area (Å²) in [6.07, 6.45) is 2.17. The molecule has 0 rings (SSSR count). The van der Waals surface area contributed by atoms with Crippen LogP contribution in [0.1, 0.15) is 40.5 Å². The van der Waals surface area contributed by atoms with Crippen molar-refractivity contribution in [2.45, 2.75) is 46.1 Å². The molecule has 4 nitrogen and oxygen atoms in total. The number of ether oxygens (including phenoxy) is 2. The summed E-state index contributed by atoms with van der Waals surface area (Å²) in [5.41, 5.74) is -0.613. The van der Waals surface area contributed by atoms with Crippen LogP contribution in [-0.2, 0) is 14.3 Å². The van der Waals surface area contributed by atoms with E-state index < -0.39 is 5.54 Å². The van der Waals surface area contributed by atoms with E-state index in [0.29, 0.717) is 13.2 Å². The van der Waals surface area contributed by atoms with Gasteiger partial charge in [0.05, 0.1) is 6.61 Å². The van der Waals surface area contributed by atoms with E-state index in [9.17, 15) is 4.79 Å². The monoisotopic (exact) mass is 231 g/mol. The Kier molecular flexibility index (Phi) is 8.21. The van der Waals surface area contributed by atoms with E-state index in [1.807, 2.05) is 20.8 Å². The molecule has 0 atom stereocenters. The van der Waals surface area contributed by atoms with Gasteiger partial charge in [0, 0.05) is 6.61 Å². The number of carbonyl (C=O) groups is 1. The summed E-state index contributed by atoms with van der Waals surface area (Å²) < 4.78 is 10.4. The summed E-state index contributed by atoms with van der Waals surface area (Å²) in [6, 6.07) is 0. The molecular weight excluding hydrogens is 206 g/mol. The standard InChI is InChI=1S/C12H25NO3/c1-5-7-8-15-9-10-16-11(14)12(3,4)13-6-2/h13H,5-10H2,1-4H3. The van der Waals surface area contributed by atoms with Crippen LogP contribution < -0.4 is 5.32 Å². The molecule has 0 aliphatic heterocycles. The first-order valence-corrected chi connectivity index (χ1v) is 6.04. The van der Waals surface area contributed by atoms with Crippen molar-refractivity contribution in [3.05, 3.63) is 0 Å². The molecule has 96 valence electrons. The van der Waals surface area contributed by atoms with Gasteiger partial charge in [0.2, 0.25) is 0 Å². The largest absolute Gasteiger partial charge is 0.462 e. The van der Waals surface area contributed by atoms with Crippen LogP contribution in [0.4, 0.5) is 0 Å². The number of likely N-dealkylation sites (N-methyl/N-ethyl adjacent to an activating group) is 1. The van der Waals surface area contributed by atoms with Gasteiger partial charge in [-0.3, -0.25) is 4.79 Å². The van der Waals surface area contributed by atoms with Crippen molar-refractivity contribution in [2.24, 2.45) is 0 Å². The fourth-order valence-corrected chi connectivity index (χ4v) is 1.24. The van der Waals surface area contributed by atoms with Crippen molar-refractivity contribution in [1.29, 1.82) is 0 Å². The summed E-state index contributed by atoms with van der Waals surface area (Å²) >= 11 is 0. The van der Waals surface area contributed by atoms with Crippen molar-refractivity contribution in [3.63, 3.8) is 0 Å². The van der Waals surface area contributed by atoms with Crippen molar-refractivity contribution < 1.29 is 14.3 Å². The lowest BCUT2D eigenvalue weighted by molar-refractivity contribution is -0.151. The number of hydrogen-bond donors (Lipinski definition) is 1. The molecule has 1 N–H and O–H groups in total. The molecule has 0 spiro atoms. The summed E-state index contributed by atoms with van der Waals surface area (Å²) in [6.45, 7) is 10.0. The summed E-state index contributed by atoms with van der Waals surface area (Å²) in [5, 5.41) is 3.07. The van der Waals surface area contributed by atoms with Gasteiger partial charge in [-0.15, -0.1) is 0 Å². The van der Waals surface area contributed by atoms with Gasteiger partial charge in [0.15, 0.2) is 0 Å². The van der Waals surface area contributed by atoms with Crippen LogP contribution in [0.25, 0.3) is 0 Å². The normalized spacial score (nSPS) is 11.5. The van der Waals surface area contributed by atoms with Crippen LogP contribution in [0.2, 0.25) is 0 Å². The highest BCUT2D eigenvalue weighted by Gasteiger charge is 2.27. The molecule has 0 aromatic heterocycles. The molecule has 0 amide bonds. The number of hydrogen-bond acceptors (Lipinski definition) is 4. The lowest BCUT2D eigenvalue weighted by Crippen LogP contribution is -2.47. The Balaban J connectivity index is 3.57. The van der Waals surface area contributed by atoms with Crippen LogP contribution in [0, 0.1) is 0 Å². The highest BCUT2D eigenvalue weighted by molar-refractivity contribution is 5.79. The SMILES string of the molecule is CCCCOCCOC(=O)C(C)(C)NCC. The fourth-order valence-electron chi connectivity index (χ4n) is 1.24. The summed E-state index contributed by atoms with van der Waals surface area (Å²) in [4.78, 5) is 11.6. The second-order valence-electron chi connectivity index (χ2n) is 4.26. The number of rotatable bonds is 9. The van der Waals surface area contributed by atoms with Crippen molar-refractivity contribution in [2.75, 3.05) is 26.4 Å². The zero-order chi connectivity index (χ0) is 12.4. The molecule has 0 saturated heterocycles. The average Bonchev–Trinajstić information content (AvgIpc) is 2.22. The Morgan fingerprint density at radius 1 is 1.19 bits per heavy atom. The first-order valence-electron chi connectivity index (χ1n) is 6.04. The Morgan fingerprint density at radius 3 is 2.44 bits per heavy atom. The Hall–Kier alpha value is -0.610. The predicted octanol–water partition coefficient (Wildman–Crippen LogP) is 1.73. The third-order valence-corrected chi connectivity index (χ3v) is 2.23. The second-order valence-corrected chi connectivity index (χ2v) is 4.26. The van der Waals surface area contributed by atoms with Gasteiger partial charge in [-0.1, -0.05) is 20.3 Å². The number of esters is 1. The maximum absolute atomic E-state index is 11.6. The maximum atomic E-state index is 11.6. The van der Waals surface area contributed by atoms with Crippen molar-refractivity contribution >= 4 is 5.97 Å². The van der Waals surface area contributed by atoms with Gasteiger partial charge < -0.3 is 14.8 Å². The van der Waals surface area contributed by atoms with Gasteiger partial charge in [-0.05, 0) is 26.8 Å². The van der Waals surface area contributed by atoms with E-state index in [-0.39, 0.29) is 5.97 Å². The number of unbranched alkanes of at least 4 members (excludes halogenated alkanes) is 1. The minimum absolute atomic E-state index is 0.228. The molecule has 0 aliphatic carbocycles. The van der Waals surface area contributed by atoms with Crippen LogP contribution in [0.15, 0.2) is 0 Å². The molecular formula is C12H25NO3. The van der Waals surface area contributed by atoms with Crippen molar-refractivity contribution in [1.82, 2.24) is 5.32 Å². The predicted molar refractivity (Wildman–Crippen MR) is 64.4 cm³/mol. The van der Waals surface area contributed by atoms with E-state index in [4.69, 9.17) is 9.47 Å². The quantitative estimate of drug-likeness (QED) is 0.485. The Bertz CT molecular complexity index is 193. The summed E-state index contributed by atoms with van der Waals surface area (Å²) in [7, 11) is 0. The van der Waals surface area contributed by atoms with Crippen LogP contribution in [0.3, 0.4) is 0 Å². The summed E-state index contributed by atoms with van der Waals surface area (Å²) in [5.74, 6) is -0.228. The molecule has 0 fully saturated rings. The molecule has 0 heterocycles. The highest BCUT2D eigenvalue weighted by atomic mass is 16.6. The zero-order valence-corrected chi connectivity index (χ0v) is 11.0. The molecule has 0 bridgehead atoms. The molecule has 0 saturated carbocycles. The van der Waals surface area contributed by atoms with Crippen LogP contribution in [-0.4, -0.2) is 37.9 Å². The third kappa shape index (κ3) is 6.80. The van der Waals surface area contributed by atoms with Gasteiger partial charge in [0.25, 0.3) is 0 Å². The van der Waals surface area contributed by atoms with Gasteiger partial charge in [-0.25, -0.2) is 0 Å². The second kappa shape index (κ2) is 8.53. The minimum Gasteiger partial charge on any atom is -0.462 e. The molecule has 16 heavy (non-hydrogen) atoms. The topological polar surface area (TPSA) is 47.6 Å². The van der Waals surface area contributed by atoms with E-state index in [1.54, 1.807) is 0 Å². The number of nitrogens with one attached hydrogen (secondary N) is 1. The van der Waals surface area contributed by atoms with Gasteiger partial charge in [-0.2, -0.15) is 0 Å². The lowest BCUT2D eigenvalue weighted by atomic mass is 10.1. The number of carbonyl (C=O) groups excluding carboxylic acids is 1. The molecule has 4 heteroatoms. The van der Waals surface area contributed by atoms with E-state index >= 15 is 0 Å². The third-order valence-electron chi connectivity index (χ3n) is 2.23. The van der Waals surface area contributed by atoms with E-state index in [0.717, 1.165) is 26.0 Å². The highest BCUT2D eigenvalue weighted by Crippen LogP contribution is 2.04. The van der Waals surface area contributed by atoms with E-state index in [2.05, 4.69) is 12.2 Å². The zero-order valence-electron chi connectivity index (χ0n) is 11.0. The molecule has 0 aromatic carbocycles. The first kappa shape index (κ1) is 15.4. The Labute approximate surface area is 98.7 Å². The molecule has 0 unspecified atom stereocenters. The fraction of sp³-hybridized carbons (Fsp3) is 0.917. The smallest absolute Gasteiger partial charge is 0.325 e. The molecule has 0 aromatic rings. The Morgan fingerprint density at radius 2 is 1.88 bits per heavy atom. The molecule has 0 radical (unpaired) electrons. The van der Waals surface area contributed by atoms with Gasteiger partial charge >= 0.3 is 5.97 Å². The lowest BCUT2D eigenvalue weighted by Gasteiger charge is -2.23. The van der Waals surface area contributed by atoms with Crippen molar-refractivity contribution in [3.8, 4) is 0 Å². The average molecular weight is 231 g/mol. The van der Waals surface area contributed by atoms with E-state index in [1.165, 1.54) is 0 Å².